The van der Waals surface area contributed by atoms with E-state index in [1.807, 2.05) is 0 Å². The summed E-state index contributed by atoms with van der Waals surface area (Å²) in [5.41, 5.74) is -0.860. The summed E-state index contributed by atoms with van der Waals surface area (Å²) in [5.74, 6) is -2.85. The van der Waals surface area contributed by atoms with Gasteiger partial charge in [-0.25, -0.2) is 21.5 Å². The van der Waals surface area contributed by atoms with Crippen molar-refractivity contribution in [2.24, 2.45) is 0 Å². The monoisotopic (exact) mass is 374 g/mol. The summed E-state index contributed by atoms with van der Waals surface area (Å²) >= 11 is 5.91. The first-order chi connectivity index (χ1) is 11.1. The smallest absolute Gasteiger partial charge is 0.257 e. The molecule has 0 radical (unpaired) electrons. The molecule has 2 aromatic carbocycles. The third kappa shape index (κ3) is 3.55. The highest BCUT2D eigenvalue weighted by molar-refractivity contribution is 7.89. The van der Waals surface area contributed by atoms with Gasteiger partial charge in [-0.1, -0.05) is 17.7 Å². The predicted octanol–water partition coefficient (Wildman–Crippen LogP) is 3.12. The van der Waals surface area contributed by atoms with E-state index in [2.05, 4.69) is 5.32 Å². The SMILES string of the molecule is CN(C)S(=O)(=O)c1ccc(Cl)c(C(=O)Nc2c(F)cccc2F)c1. The zero-order valence-electron chi connectivity index (χ0n) is 12.7. The number of carbonyl (C=O) groups is 1. The molecule has 9 heteroatoms. The van der Waals surface area contributed by atoms with Crippen LogP contribution in [0.3, 0.4) is 0 Å². The molecular weight excluding hydrogens is 362 g/mol. The van der Waals surface area contributed by atoms with E-state index in [0.29, 0.717) is 0 Å². The first-order valence-corrected chi connectivity index (χ1v) is 8.44. The molecule has 2 aromatic rings. The maximum atomic E-state index is 13.6. The second-order valence-corrected chi connectivity index (χ2v) is 7.54. The number of nitrogens with zero attached hydrogens (tertiary/aromatic N) is 1. The van der Waals surface area contributed by atoms with E-state index in [0.717, 1.165) is 28.6 Å². The summed E-state index contributed by atoms with van der Waals surface area (Å²) in [5, 5.41) is 2.01. The van der Waals surface area contributed by atoms with Crippen molar-refractivity contribution in [2.75, 3.05) is 19.4 Å². The van der Waals surface area contributed by atoms with Gasteiger partial charge in [-0.15, -0.1) is 0 Å². The standard InChI is InChI=1S/C15H13ClF2N2O3S/c1-20(2)24(22,23)9-6-7-11(16)10(8-9)15(21)19-14-12(17)4-3-5-13(14)18/h3-8H,1-2H3,(H,19,21). The maximum Gasteiger partial charge on any atom is 0.257 e. The van der Waals surface area contributed by atoms with E-state index >= 15 is 0 Å². The van der Waals surface area contributed by atoms with E-state index in [-0.39, 0.29) is 15.5 Å². The van der Waals surface area contributed by atoms with Crippen LogP contribution in [0.2, 0.25) is 5.02 Å². The summed E-state index contributed by atoms with van der Waals surface area (Å²) in [6, 6.07) is 6.62. The number of amides is 1. The lowest BCUT2D eigenvalue weighted by Crippen LogP contribution is -2.23. The highest BCUT2D eigenvalue weighted by atomic mass is 35.5. The Kier molecular flexibility index (Phi) is 5.22. The molecule has 0 heterocycles. The quantitative estimate of drug-likeness (QED) is 0.894. The van der Waals surface area contributed by atoms with Crippen molar-refractivity contribution in [3.05, 3.63) is 58.6 Å². The summed E-state index contributed by atoms with van der Waals surface area (Å²) in [4.78, 5) is 12.1. The lowest BCUT2D eigenvalue weighted by Gasteiger charge is -2.13. The van der Waals surface area contributed by atoms with Crippen LogP contribution >= 0.6 is 11.6 Å². The fraction of sp³-hybridized carbons (Fsp3) is 0.133. The fourth-order valence-electron chi connectivity index (χ4n) is 1.85. The largest absolute Gasteiger partial charge is 0.317 e. The lowest BCUT2D eigenvalue weighted by atomic mass is 10.2. The number of rotatable bonds is 4. The van der Waals surface area contributed by atoms with Gasteiger partial charge >= 0.3 is 0 Å². The third-order valence-corrected chi connectivity index (χ3v) is 5.30. The van der Waals surface area contributed by atoms with Gasteiger partial charge in [0, 0.05) is 14.1 Å². The fourth-order valence-corrected chi connectivity index (χ4v) is 2.98. The van der Waals surface area contributed by atoms with Crippen LogP contribution in [0.1, 0.15) is 10.4 Å². The van der Waals surface area contributed by atoms with Crippen molar-refractivity contribution in [3.8, 4) is 0 Å². The van der Waals surface area contributed by atoms with Gasteiger partial charge in [0.1, 0.15) is 17.3 Å². The third-order valence-electron chi connectivity index (χ3n) is 3.16. The van der Waals surface area contributed by atoms with Crippen LogP contribution in [-0.2, 0) is 10.0 Å². The topological polar surface area (TPSA) is 66.5 Å². The van der Waals surface area contributed by atoms with Crippen LogP contribution in [0.15, 0.2) is 41.3 Å². The van der Waals surface area contributed by atoms with Crippen LogP contribution in [0.25, 0.3) is 0 Å². The molecule has 0 spiro atoms. The number of nitrogens with one attached hydrogen (secondary N) is 1. The number of sulfonamides is 1. The number of benzene rings is 2. The molecule has 1 N–H and O–H groups in total. The molecule has 1 amide bonds. The number of para-hydroxylation sites is 1. The van der Waals surface area contributed by atoms with Crippen LogP contribution < -0.4 is 5.32 Å². The molecule has 0 atom stereocenters. The zero-order chi connectivity index (χ0) is 18.1. The Morgan fingerprint density at radius 3 is 2.25 bits per heavy atom. The van der Waals surface area contributed by atoms with Gasteiger partial charge in [-0.05, 0) is 30.3 Å². The number of hydrogen-bond acceptors (Lipinski definition) is 3. The van der Waals surface area contributed by atoms with Crippen LogP contribution in [0.5, 0.6) is 0 Å². The Labute approximate surface area is 142 Å². The Hall–Kier alpha value is -2.03. The Balaban J connectivity index is 2.43. The van der Waals surface area contributed by atoms with E-state index in [9.17, 15) is 22.0 Å². The number of halogens is 3. The number of carbonyl (C=O) groups excluding carboxylic acids is 1. The van der Waals surface area contributed by atoms with Crippen molar-refractivity contribution in [3.63, 3.8) is 0 Å². The lowest BCUT2D eigenvalue weighted by molar-refractivity contribution is 0.102. The molecule has 0 aromatic heterocycles. The molecule has 0 saturated heterocycles. The molecule has 0 aliphatic rings. The number of anilines is 1. The Morgan fingerprint density at radius 2 is 1.71 bits per heavy atom. The maximum absolute atomic E-state index is 13.6. The van der Waals surface area contributed by atoms with E-state index < -0.39 is 33.3 Å². The number of hydrogen-bond donors (Lipinski definition) is 1. The Morgan fingerprint density at radius 1 is 1.12 bits per heavy atom. The minimum absolute atomic E-state index is 0.0537. The van der Waals surface area contributed by atoms with Crippen LogP contribution in [-0.4, -0.2) is 32.7 Å². The van der Waals surface area contributed by atoms with Crippen molar-refractivity contribution in [2.45, 2.75) is 4.90 Å². The first-order valence-electron chi connectivity index (χ1n) is 6.62. The molecular formula is C15H13ClF2N2O3S. The van der Waals surface area contributed by atoms with Crippen LogP contribution in [0.4, 0.5) is 14.5 Å². The summed E-state index contributed by atoms with van der Waals surface area (Å²) in [6.07, 6.45) is 0. The van der Waals surface area contributed by atoms with Gasteiger partial charge in [0.05, 0.1) is 15.5 Å². The molecule has 0 aliphatic heterocycles. The van der Waals surface area contributed by atoms with Crippen molar-refractivity contribution < 1.29 is 22.0 Å². The molecule has 5 nitrogen and oxygen atoms in total. The van der Waals surface area contributed by atoms with Gasteiger partial charge in [-0.2, -0.15) is 0 Å². The van der Waals surface area contributed by atoms with Crippen molar-refractivity contribution in [1.29, 1.82) is 0 Å². The highest BCUT2D eigenvalue weighted by Crippen LogP contribution is 2.24. The summed E-state index contributed by atoms with van der Waals surface area (Å²) in [7, 11) is -1.13. The average Bonchev–Trinajstić information content (AvgIpc) is 2.51. The van der Waals surface area contributed by atoms with Gasteiger partial charge < -0.3 is 5.32 Å². The van der Waals surface area contributed by atoms with E-state index in [1.165, 1.54) is 26.2 Å². The van der Waals surface area contributed by atoms with Crippen LogP contribution in [0, 0.1) is 11.6 Å². The van der Waals surface area contributed by atoms with Gasteiger partial charge in [0.25, 0.3) is 5.91 Å². The summed E-state index contributed by atoms with van der Waals surface area (Å²) < 4.78 is 52.4. The van der Waals surface area contributed by atoms with Crippen molar-refractivity contribution in [1.82, 2.24) is 4.31 Å². The molecule has 0 unspecified atom stereocenters. The molecule has 0 saturated carbocycles. The zero-order valence-corrected chi connectivity index (χ0v) is 14.3. The first kappa shape index (κ1) is 18.3. The normalized spacial score (nSPS) is 11.6. The minimum Gasteiger partial charge on any atom is -0.317 e. The minimum atomic E-state index is -3.79. The van der Waals surface area contributed by atoms with Gasteiger partial charge in [0.2, 0.25) is 10.0 Å². The molecule has 0 fully saturated rings. The molecule has 0 aliphatic carbocycles. The highest BCUT2D eigenvalue weighted by Gasteiger charge is 2.22. The van der Waals surface area contributed by atoms with Gasteiger partial charge in [-0.3, -0.25) is 4.79 Å². The molecule has 24 heavy (non-hydrogen) atoms. The van der Waals surface area contributed by atoms with E-state index in [1.54, 1.807) is 0 Å². The van der Waals surface area contributed by atoms with E-state index in [4.69, 9.17) is 11.6 Å². The predicted molar refractivity (Wildman–Crippen MR) is 86.6 cm³/mol. The van der Waals surface area contributed by atoms with Crippen molar-refractivity contribution >= 4 is 33.2 Å². The second-order valence-electron chi connectivity index (χ2n) is 4.98. The molecule has 0 bridgehead atoms. The molecule has 2 rings (SSSR count). The van der Waals surface area contributed by atoms with Gasteiger partial charge in [0.15, 0.2) is 0 Å². The average molecular weight is 375 g/mol. The summed E-state index contributed by atoms with van der Waals surface area (Å²) in [6.45, 7) is 0. The molecule has 128 valence electrons. The second kappa shape index (κ2) is 6.84. The Bertz CT molecular complexity index is 881.